The van der Waals surface area contributed by atoms with Gasteiger partial charge >= 0.3 is 0 Å². The van der Waals surface area contributed by atoms with Gasteiger partial charge in [0, 0.05) is 69.2 Å². The van der Waals surface area contributed by atoms with Crippen molar-refractivity contribution in [1.29, 1.82) is 5.41 Å². The van der Waals surface area contributed by atoms with Gasteiger partial charge < -0.3 is 19.0 Å². The van der Waals surface area contributed by atoms with E-state index < -0.39 is 0 Å². The van der Waals surface area contributed by atoms with Crippen molar-refractivity contribution in [2.24, 2.45) is 10.7 Å². The zero-order valence-electron chi connectivity index (χ0n) is 37.9. The van der Waals surface area contributed by atoms with E-state index in [-0.39, 0.29) is 11.7 Å². The van der Waals surface area contributed by atoms with Crippen LogP contribution in [0.1, 0.15) is 16.7 Å². The first-order valence-electron chi connectivity index (χ1n) is 23.2. The number of nitrogens with one attached hydrogen (secondary N) is 1. The second kappa shape index (κ2) is 16.6. The number of thiophene rings is 1. The van der Waals surface area contributed by atoms with E-state index in [9.17, 15) is 0 Å². The summed E-state index contributed by atoms with van der Waals surface area (Å²) >= 11 is 1.82. The number of nitrogens with zero attached hydrogens (tertiary/aromatic N) is 1. The lowest BCUT2D eigenvalue weighted by Gasteiger charge is -2.10. The van der Waals surface area contributed by atoms with Gasteiger partial charge in [-0.25, -0.2) is 4.99 Å². The minimum atomic E-state index is 0.0615. The standard InChI is InChI=1S/C56H33N3O3S.C7H8/c57-55(32-21-19-31(20-22-32)36-12-7-13-40-37-9-1-4-15-45(37)62-54(36)40)59-56(58)42-14-8-17-48-53(42)44-27-34(24-26-47(44)60-48)43-28-35(29-49-52(43)41-11-2-5-16-46(41)61-49)33-23-25-39-38-10-3-6-18-50(38)63-51(39)30-33;1-7-5-3-2-4-6-7/h1-30H,(H3,57,58,59);2-6H,1H3. The van der Waals surface area contributed by atoms with Gasteiger partial charge in [0.25, 0.3) is 0 Å². The Kier molecular flexibility index (Phi) is 9.78. The van der Waals surface area contributed by atoms with Crippen LogP contribution in [0, 0.1) is 12.3 Å². The average Bonchev–Trinajstić information content (AvgIpc) is 4.18. The number of benzene rings is 10. The van der Waals surface area contributed by atoms with Gasteiger partial charge in [-0.2, -0.15) is 0 Å². The average molecular weight is 920 g/mol. The molecule has 0 saturated heterocycles. The zero-order chi connectivity index (χ0) is 46.9. The number of hydrogen-bond acceptors (Lipinski definition) is 5. The van der Waals surface area contributed by atoms with Crippen LogP contribution < -0.4 is 5.73 Å². The molecule has 0 amide bonds. The van der Waals surface area contributed by atoms with Crippen LogP contribution in [-0.2, 0) is 0 Å². The Labute approximate surface area is 405 Å². The van der Waals surface area contributed by atoms with E-state index >= 15 is 0 Å². The first-order valence-corrected chi connectivity index (χ1v) is 24.0. The van der Waals surface area contributed by atoms with E-state index in [0.29, 0.717) is 16.7 Å². The molecule has 6 nitrogen and oxygen atoms in total. The Morgan fingerprint density at radius 3 is 1.89 bits per heavy atom. The number of furan rings is 3. The van der Waals surface area contributed by atoms with Crippen LogP contribution in [-0.4, -0.2) is 11.7 Å². The maximum atomic E-state index is 9.04. The molecule has 70 heavy (non-hydrogen) atoms. The molecule has 7 heteroatoms. The molecule has 0 atom stereocenters. The van der Waals surface area contributed by atoms with Crippen LogP contribution >= 0.6 is 11.3 Å². The van der Waals surface area contributed by atoms with Crippen LogP contribution in [0.5, 0.6) is 0 Å². The molecule has 0 unspecified atom stereocenters. The molecule has 0 aliphatic rings. The summed E-state index contributed by atoms with van der Waals surface area (Å²) < 4.78 is 21.8. The third-order valence-electron chi connectivity index (χ3n) is 13.3. The largest absolute Gasteiger partial charge is 0.456 e. The molecule has 0 saturated carbocycles. The van der Waals surface area contributed by atoms with Crippen molar-refractivity contribution >= 4 is 109 Å². The molecule has 4 aromatic heterocycles. The van der Waals surface area contributed by atoms with E-state index in [0.717, 1.165) is 93.6 Å². The molecule has 14 aromatic rings. The maximum absolute atomic E-state index is 9.04. The van der Waals surface area contributed by atoms with Crippen molar-refractivity contribution in [3.63, 3.8) is 0 Å². The first kappa shape index (κ1) is 41.2. The number of hydrogen-bond donors (Lipinski definition) is 2. The van der Waals surface area contributed by atoms with Crippen molar-refractivity contribution in [3.8, 4) is 33.4 Å². The normalized spacial score (nSPS) is 12.0. The quantitative estimate of drug-likeness (QED) is 0.133. The van der Waals surface area contributed by atoms with Gasteiger partial charge in [-0.15, -0.1) is 11.3 Å². The topological polar surface area (TPSA) is 102 Å². The molecule has 0 fully saturated rings. The molecule has 0 aliphatic carbocycles. The van der Waals surface area contributed by atoms with Gasteiger partial charge in [0.1, 0.15) is 39.3 Å². The molecule has 0 radical (unpaired) electrons. The van der Waals surface area contributed by atoms with Crippen LogP contribution in [0.2, 0.25) is 0 Å². The van der Waals surface area contributed by atoms with Gasteiger partial charge in [0.15, 0.2) is 5.84 Å². The second-order valence-electron chi connectivity index (χ2n) is 17.7. The van der Waals surface area contributed by atoms with Crippen molar-refractivity contribution in [2.75, 3.05) is 0 Å². The summed E-state index contributed by atoms with van der Waals surface area (Å²) in [6.07, 6.45) is 0. The van der Waals surface area contributed by atoms with Crippen LogP contribution in [0.15, 0.2) is 231 Å². The van der Waals surface area contributed by atoms with E-state index in [1.807, 2.05) is 108 Å². The Morgan fingerprint density at radius 2 is 1.07 bits per heavy atom. The van der Waals surface area contributed by atoms with Crippen LogP contribution in [0.25, 0.3) is 119 Å². The van der Waals surface area contributed by atoms with Gasteiger partial charge in [-0.1, -0.05) is 163 Å². The summed E-state index contributed by atoms with van der Waals surface area (Å²) in [6.45, 7) is 2.08. The third kappa shape index (κ3) is 7.02. The molecular weight excluding hydrogens is 879 g/mol. The third-order valence-corrected chi connectivity index (χ3v) is 14.5. The summed E-state index contributed by atoms with van der Waals surface area (Å²) in [7, 11) is 0. The van der Waals surface area contributed by atoms with Crippen LogP contribution in [0.3, 0.4) is 0 Å². The fraction of sp³-hybridized carbons (Fsp3) is 0.0159. The van der Waals surface area contributed by atoms with E-state index in [1.165, 1.54) is 25.7 Å². The number of aliphatic imine (C=N–C) groups is 1. The number of nitrogens with two attached hydrogens (primary N) is 1. The number of aryl methyl sites for hydroxylation is 1. The smallest absolute Gasteiger partial charge is 0.154 e. The highest BCUT2D eigenvalue weighted by Crippen LogP contribution is 2.44. The predicted molar refractivity (Wildman–Crippen MR) is 293 cm³/mol. The Morgan fingerprint density at radius 1 is 0.429 bits per heavy atom. The molecule has 10 aromatic carbocycles. The SMILES string of the molecule is Cc1ccccc1.N=C(N=C(N)c1cccc2oc3ccc(-c4cc(-c5ccc6c(c5)sc5ccccc56)cc5oc6ccccc6c45)cc3c12)c1ccc(-c2cccc3c2oc2ccccc23)cc1. The minimum Gasteiger partial charge on any atom is -0.456 e. The highest BCUT2D eigenvalue weighted by molar-refractivity contribution is 7.25. The molecule has 0 bridgehead atoms. The van der Waals surface area contributed by atoms with Gasteiger partial charge in [0.05, 0.1) is 0 Å². The summed E-state index contributed by atoms with van der Waals surface area (Å²) in [6, 6.07) is 72.5. The molecular formula is C63H41N3O3S. The monoisotopic (exact) mass is 919 g/mol. The lowest BCUT2D eigenvalue weighted by atomic mass is 9.93. The van der Waals surface area contributed by atoms with Gasteiger partial charge in [-0.3, -0.25) is 5.41 Å². The number of amidine groups is 2. The van der Waals surface area contributed by atoms with E-state index in [4.69, 9.17) is 24.4 Å². The summed E-state index contributed by atoms with van der Waals surface area (Å²) in [5.41, 5.74) is 20.5. The molecule has 0 spiro atoms. The fourth-order valence-corrected chi connectivity index (χ4v) is 11.1. The molecule has 0 aliphatic heterocycles. The second-order valence-corrected chi connectivity index (χ2v) is 18.7. The number of fused-ring (bicyclic) bond motifs is 12. The van der Waals surface area contributed by atoms with Gasteiger partial charge in [-0.05, 0) is 89.3 Å². The highest BCUT2D eigenvalue weighted by atomic mass is 32.1. The number of rotatable bonds is 5. The highest BCUT2D eigenvalue weighted by Gasteiger charge is 2.20. The van der Waals surface area contributed by atoms with Crippen molar-refractivity contribution < 1.29 is 13.3 Å². The maximum Gasteiger partial charge on any atom is 0.154 e. The fourth-order valence-electron chi connectivity index (χ4n) is 9.92. The van der Waals surface area contributed by atoms with Crippen molar-refractivity contribution in [3.05, 3.63) is 229 Å². The Hall–Kier alpha value is -9.04. The Bertz CT molecular complexity index is 4400. The molecule has 3 N–H and O–H groups in total. The van der Waals surface area contributed by atoms with E-state index in [2.05, 4.69) is 127 Å². The van der Waals surface area contributed by atoms with Crippen molar-refractivity contribution in [2.45, 2.75) is 6.92 Å². The summed E-state index contributed by atoms with van der Waals surface area (Å²) in [4.78, 5) is 4.67. The zero-order valence-corrected chi connectivity index (χ0v) is 38.7. The molecule has 14 rings (SSSR count). The van der Waals surface area contributed by atoms with Crippen LogP contribution in [0.4, 0.5) is 0 Å². The van der Waals surface area contributed by atoms with Gasteiger partial charge in [0.2, 0.25) is 0 Å². The van der Waals surface area contributed by atoms with E-state index in [1.54, 1.807) is 0 Å². The van der Waals surface area contributed by atoms with Crippen molar-refractivity contribution in [1.82, 2.24) is 0 Å². The predicted octanol–water partition coefficient (Wildman–Crippen LogP) is 17.5. The summed E-state index contributed by atoms with van der Waals surface area (Å²) in [5, 5.41) is 17.6. The number of para-hydroxylation sites is 3. The minimum absolute atomic E-state index is 0.0615. The Balaban J connectivity index is 0.000000634. The molecule has 4 heterocycles. The molecule has 332 valence electrons. The lowest BCUT2D eigenvalue weighted by Crippen LogP contribution is -2.16. The first-order chi connectivity index (χ1) is 34.4. The summed E-state index contributed by atoms with van der Waals surface area (Å²) in [5.74, 6) is 0.294. The lowest BCUT2D eigenvalue weighted by molar-refractivity contribution is 0.669.